The van der Waals surface area contributed by atoms with Crippen LogP contribution in [0.15, 0.2) is 42.7 Å². The highest BCUT2D eigenvalue weighted by Gasteiger charge is 2.45. The van der Waals surface area contributed by atoms with Crippen molar-refractivity contribution >= 4 is 11.5 Å². The first-order valence-corrected chi connectivity index (χ1v) is 8.05. The molecule has 0 aromatic heterocycles. The number of ether oxygens (including phenoxy) is 1. The van der Waals surface area contributed by atoms with Crippen molar-refractivity contribution in [3.05, 3.63) is 59.4 Å². The van der Waals surface area contributed by atoms with Crippen molar-refractivity contribution in [1.29, 1.82) is 0 Å². The number of aromatic hydroxyl groups is 2. The van der Waals surface area contributed by atoms with Gasteiger partial charge in [-0.3, -0.25) is 4.79 Å². The number of hydroxylamine groups is 1. The van der Waals surface area contributed by atoms with Crippen LogP contribution in [0.25, 0.3) is 5.57 Å². The van der Waals surface area contributed by atoms with E-state index < -0.39 is 17.4 Å². The summed E-state index contributed by atoms with van der Waals surface area (Å²) in [6, 6.07) is 9.61. The molecule has 1 amide bonds. The van der Waals surface area contributed by atoms with E-state index in [1.807, 2.05) is 19.1 Å². The van der Waals surface area contributed by atoms with Gasteiger partial charge in [0, 0.05) is 19.1 Å². The number of amides is 1. The van der Waals surface area contributed by atoms with E-state index in [0.29, 0.717) is 5.56 Å². The van der Waals surface area contributed by atoms with Gasteiger partial charge in [-0.15, -0.1) is 0 Å². The molecule has 26 heavy (non-hydrogen) atoms. The third-order valence-electron chi connectivity index (χ3n) is 4.09. The van der Waals surface area contributed by atoms with Crippen LogP contribution in [0.3, 0.4) is 0 Å². The number of phenolic OH excluding ortho intramolecular Hbond substituents is 2. The third-order valence-corrected chi connectivity index (χ3v) is 4.09. The molecular weight excluding hydrogens is 338 g/mol. The molecule has 136 valence electrons. The highest BCUT2D eigenvalue weighted by molar-refractivity contribution is 5.77. The number of aliphatic hydroxyl groups is 1. The fourth-order valence-electron chi connectivity index (χ4n) is 2.79. The molecule has 0 saturated heterocycles. The Labute approximate surface area is 150 Å². The summed E-state index contributed by atoms with van der Waals surface area (Å²) in [5.41, 5.74) is 3.84. The zero-order valence-electron chi connectivity index (χ0n) is 14.3. The molecule has 7 nitrogen and oxygen atoms in total. The largest absolute Gasteiger partial charge is 0.508 e. The Bertz CT molecular complexity index is 874. The number of phenols is 2. The third kappa shape index (κ3) is 3.10. The minimum absolute atomic E-state index is 0.00396. The highest BCUT2D eigenvalue weighted by Crippen LogP contribution is 2.49. The van der Waals surface area contributed by atoms with Gasteiger partial charge in [0.2, 0.25) is 5.91 Å². The Balaban J connectivity index is 2.13. The topological polar surface area (TPSA) is 108 Å². The minimum atomic E-state index is -2.22. The Kier molecular flexibility index (Phi) is 4.58. The zero-order valence-corrected chi connectivity index (χ0v) is 14.3. The van der Waals surface area contributed by atoms with Crippen molar-refractivity contribution in [1.82, 2.24) is 5.48 Å². The van der Waals surface area contributed by atoms with E-state index in [1.165, 1.54) is 19.3 Å². The first kappa shape index (κ1) is 17.8. The molecule has 1 heterocycles. The van der Waals surface area contributed by atoms with Crippen molar-refractivity contribution in [3.63, 3.8) is 0 Å². The normalized spacial score (nSPS) is 18.5. The number of carbonyl (C=O) groups is 1. The van der Waals surface area contributed by atoms with Crippen LogP contribution in [0.4, 0.5) is 0 Å². The fraction of sp³-hybridized carbons (Fsp3) is 0.211. The zero-order chi connectivity index (χ0) is 18.9. The molecule has 2 aromatic rings. The number of fused-ring (bicyclic) bond motifs is 1. The Hall–Kier alpha value is -3.03. The summed E-state index contributed by atoms with van der Waals surface area (Å²) in [4.78, 5) is 16.6. The molecule has 0 aliphatic carbocycles. The second kappa shape index (κ2) is 6.70. The van der Waals surface area contributed by atoms with Gasteiger partial charge in [0.15, 0.2) is 0 Å². The molecular formula is C19H19NO6. The van der Waals surface area contributed by atoms with Crippen molar-refractivity contribution in [2.24, 2.45) is 0 Å². The lowest BCUT2D eigenvalue weighted by Crippen LogP contribution is -2.40. The lowest BCUT2D eigenvalue weighted by molar-refractivity contribution is -0.211. The molecule has 1 atom stereocenters. The van der Waals surface area contributed by atoms with E-state index in [2.05, 4.69) is 5.48 Å². The maximum Gasteiger partial charge on any atom is 0.254 e. The van der Waals surface area contributed by atoms with Crippen molar-refractivity contribution < 1.29 is 29.7 Å². The van der Waals surface area contributed by atoms with Gasteiger partial charge in [0.1, 0.15) is 29.1 Å². The number of hydrogen-bond donors (Lipinski definition) is 4. The first-order chi connectivity index (χ1) is 12.3. The van der Waals surface area contributed by atoms with Gasteiger partial charge in [-0.25, -0.2) is 10.3 Å². The monoisotopic (exact) mass is 357 g/mol. The average Bonchev–Trinajstić information content (AvgIpc) is 2.60. The standard InChI is InChI=1S/C19H19NO6/c1-3-12-4-6-13(7-5-12)15-10-25-17-9-14(22)8-16(23)18(17)19(15,24)26-20-11(2)21/h4-10,22-24H,3H2,1-2H3,(H,20,21). The van der Waals surface area contributed by atoms with Crippen LogP contribution in [0.5, 0.6) is 17.2 Å². The number of aryl methyl sites for hydroxylation is 1. The molecule has 0 saturated carbocycles. The minimum Gasteiger partial charge on any atom is -0.508 e. The van der Waals surface area contributed by atoms with E-state index in [9.17, 15) is 20.1 Å². The SMILES string of the molecule is CCc1ccc(C2=COc3cc(O)cc(O)c3C2(O)ONC(C)=O)cc1. The molecule has 7 heteroatoms. The van der Waals surface area contributed by atoms with E-state index in [0.717, 1.165) is 18.1 Å². The smallest absolute Gasteiger partial charge is 0.254 e. The van der Waals surface area contributed by atoms with Gasteiger partial charge in [0.25, 0.3) is 5.79 Å². The molecule has 1 aliphatic heterocycles. The van der Waals surface area contributed by atoms with Crippen LogP contribution in [-0.4, -0.2) is 21.2 Å². The molecule has 0 bridgehead atoms. The fourth-order valence-corrected chi connectivity index (χ4v) is 2.79. The summed E-state index contributed by atoms with van der Waals surface area (Å²) in [5, 5.41) is 31.2. The van der Waals surface area contributed by atoms with Crippen LogP contribution >= 0.6 is 0 Å². The van der Waals surface area contributed by atoms with Gasteiger partial charge in [-0.2, -0.15) is 0 Å². The molecule has 2 aromatic carbocycles. The lowest BCUT2D eigenvalue weighted by atomic mass is 9.89. The maximum absolute atomic E-state index is 11.3. The second-order valence-corrected chi connectivity index (χ2v) is 5.94. The summed E-state index contributed by atoms with van der Waals surface area (Å²) in [7, 11) is 0. The van der Waals surface area contributed by atoms with E-state index in [4.69, 9.17) is 9.57 Å². The summed E-state index contributed by atoms with van der Waals surface area (Å²) >= 11 is 0. The van der Waals surface area contributed by atoms with Crippen LogP contribution in [-0.2, 0) is 21.8 Å². The van der Waals surface area contributed by atoms with Crippen molar-refractivity contribution in [3.8, 4) is 17.2 Å². The van der Waals surface area contributed by atoms with Crippen LogP contribution in [0.2, 0.25) is 0 Å². The number of hydrogen-bond acceptors (Lipinski definition) is 6. The number of rotatable bonds is 4. The number of carbonyl (C=O) groups excluding carboxylic acids is 1. The molecule has 3 rings (SSSR count). The van der Waals surface area contributed by atoms with Crippen molar-refractivity contribution in [2.75, 3.05) is 0 Å². The van der Waals surface area contributed by atoms with Crippen LogP contribution in [0.1, 0.15) is 30.5 Å². The van der Waals surface area contributed by atoms with Crippen LogP contribution in [0, 0.1) is 0 Å². The van der Waals surface area contributed by atoms with Gasteiger partial charge in [-0.05, 0) is 17.5 Å². The van der Waals surface area contributed by atoms with Crippen molar-refractivity contribution in [2.45, 2.75) is 26.1 Å². The molecule has 0 fully saturated rings. The summed E-state index contributed by atoms with van der Waals surface area (Å²) in [5.74, 6) is -3.43. The van der Waals surface area contributed by atoms with Gasteiger partial charge in [0.05, 0.1) is 5.57 Å². The number of nitrogens with one attached hydrogen (secondary N) is 1. The summed E-state index contributed by atoms with van der Waals surface area (Å²) < 4.78 is 5.48. The van der Waals surface area contributed by atoms with Gasteiger partial charge < -0.3 is 20.1 Å². The molecule has 1 aliphatic rings. The molecule has 0 radical (unpaired) electrons. The predicted molar refractivity (Wildman–Crippen MR) is 93.0 cm³/mol. The average molecular weight is 357 g/mol. The second-order valence-electron chi connectivity index (χ2n) is 5.94. The maximum atomic E-state index is 11.3. The van der Waals surface area contributed by atoms with E-state index >= 15 is 0 Å². The summed E-state index contributed by atoms with van der Waals surface area (Å²) in [6.45, 7) is 3.24. The Morgan fingerprint density at radius 2 is 1.92 bits per heavy atom. The highest BCUT2D eigenvalue weighted by atomic mass is 16.7. The lowest BCUT2D eigenvalue weighted by Gasteiger charge is -2.34. The molecule has 0 spiro atoms. The molecule has 4 N–H and O–H groups in total. The van der Waals surface area contributed by atoms with Gasteiger partial charge >= 0.3 is 0 Å². The Morgan fingerprint density at radius 1 is 1.23 bits per heavy atom. The number of benzene rings is 2. The molecule has 1 unspecified atom stereocenters. The van der Waals surface area contributed by atoms with Crippen LogP contribution < -0.4 is 10.2 Å². The Morgan fingerprint density at radius 3 is 2.54 bits per heavy atom. The predicted octanol–water partition coefficient (Wildman–Crippen LogP) is 2.31. The van der Waals surface area contributed by atoms with E-state index in [-0.39, 0.29) is 22.6 Å². The first-order valence-electron chi connectivity index (χ1n) is 8.05. The van der Waals surface area contributed by atoms with E-state index in [1.54, 1.807) is 12.1 Å². The van der Waals surface area contributed by atoms with Gasteiger partial charge in [-0.1, -0.05) is 31.2 Å². The summed E-state index contributed by atoms with van der Waals surface area (Å²) in [6.07, 6.45) is 2.11. The quantitative estimate of drug-likeness (QED) is 0.494.